The Morgan fingerprint density at radius 3 is 2.41 bits per heavy atom. The van der Waals surface area contributed by atoms with Gasteiger partial charge in [-0.25, -0.2) is 0 Å². The predicted molar refractivity (Wildman–Crippen MR) is 91.0 cm³/mol. The highest BCUT2D eigenvalue weighted by molar-refractivity contribution is 5.44. The average molecular weight is 298 g/mol. The first kappa shape index (κ1) is 16.5. The molecule has 1 aromatic carbocycles. The lowest BCUT2D eigenvalue weighted by atomic mass is 9.85. The lowest BCUT2D eigenvalue weighted by molar-refractivity contribution is 0.310. The highest BCUT2D eigenvalue weighted by Crippen LogP contribution is 2.33. The molecule has 3 heteroatoms. The Morgan fingerprint density at radius 2 is 1.77 bits per heavy atom. The quantitative estimate of drug-likeness (QED) is 0.926. The standard InChI is InChI=1S/C19H26N2O/c1-14-11-20-10-9-15(14)12-21(5)13-16-7-6-8-17(18(16)22)19(2,3)4/h6-11,22H,12-13H2,1-5H3. The first-order valence-corrected chi connectivity index (χ1v) is 7.68. The zero-order valence-electron chi connectivity index (χ0n) is 14.2. The van der Waals surface area contributed by atoms with Gasteiger partial charge in [-0.2, -0.15) is 0 Å². The van der Waals surface area contributed by atoms with Crippen LogP contribution in [0, 0.1) is 6.92 Å². The van der Waals surface area contributed by atoms with Crippen LogP contribution in [0.1, 0.15) is 43.0 Å². The summed E-state index contributed by atoms with van der Waals surface area (Å²) in [5.41, 5.74) is 4.38. The van der Waals surface area contributed by atoms with E-state index >= 15 is 0 Å². The molecule has 0 saturated heterocycles. The molecule has 118 valence electrons. The molecular weight excluding hydrogens is 272 g/mol. The summed E-state index contributed by atoms with van der Waals surface area (Å²) < 4.78 is 0. The topological polar surface area (TPSA) is 36.4 Å². The second-order valence-electron chi connectivity index (χ2n) is 7.04. The van der Waals surface area contributed by atoms with Gasteiger partial charge < -0.3 is 5.11 Å². The fraction of sp³-hybridized carbons (Fsp3) is 0.421. The second kappa shape index (κ2) is 6.49. The van der Waals surface area contributed by atoms with Crippen molar-refractivity contribution in [3.63, 3.8) is 0 Å². The molecular formula is C19H26N2O. The summed E-state index contributed by atoms with van der Waals surface area (Å²) in [6, 6.07) is 8.09. The van der Waals surface area contributed by atoms with Crippen LogP contribution in [0.5, 0.6) is 5.75 Å². The Hall–Kier alpha value is -1.87. The minimum atomic E-state index is -0.0552. The number of pyridine rings is 1. The van der Waals surface area contributed by atoms with Crippen LogP contribution in [0.3, 0.4) is 0 Å². The zero-order chi connectivity index (χ0) is 16.3. The fourth-order valence-electron chi connectivity index (χ4n) is 2.64. The maximum absolute atomic E-state index is 10.6. The number of hydrogen-bond acceptors (Lipinski definition) is 3. The number of aromatic nitrogens is 1. The first-order valence-electron chi connectivity index (χ1n) is 7.68. The van der Waals surface area contributed by atoms with Crippen molar-refractivity contribution in [2.24, 2.45) is 0 Å². The summed E-state index contributed by atoms with van der Waals surface area (Å²) in [4.78, 5) is 6.34. The number of aromatic hydroxyl groups is 1. The van der Waals surface area contributed by atoms with Crippen LogP contribution >= 0.6 is 0 Å². The van der Waals surface area contributed by atoms with Crippen molar-refractivity contribution >= 4 is 0 Å². The number of rotatable bonds is 4. The Morgan fingerprint density at radius 1 is 1.09 bits per heavy atom. The van der Waals surface area contributed by atoms with Crippen molar-refractivity contribution < 1.29 is 5.11 Å². The summed E-state index contributed by atoms with van der Waals surface area (Å²) in [5, 5.41) is 10.6. The maximum Gasteiger partial charge on any atom is 0.123 e. The Bertz CT molecular complexity index is 644. The van der Waals surface area contributed by atoms with Gasteiger partial charge >= 0.3 is 0 Å². The number of phenolic OH excluding ortho intramolecular Hbond substituents is 1. The molecule has 0 aliphatic carbocycles. The predicted octanol–water partition coefficient (Wildman–Crippen LogP) is 4.03. The van der Waals surface area contributed by atoms with Gasteiger partial charge in [-0.05, 0) is 42.1 Å². The number of para-hydroxylation sites is 1. The van der Waals surface area contributed by atoms with Crippen molar-refractivity contribution in [2.45, 2.75) is 46.2 Å². The summed E-state index contributed by atoms with van der Waals surface area (Å²) >= 11 is 0. The number of hydrogen-bond donors (Lipinski definition) is 1. The monoisotopic (exact) mass is 298 g/mol. The normalized spacial score (nSPS) is 11.9. The van der Waals surface area contributed by atoms with Crippen molar-refractivity contribution in [3.05, 3.63) is 58.9 Å². The summed E-state index contributed by atoms with van der Waals surface area (Å²) in [6.45, 7) is 10.0. The van der Waals surface area contributed by atoms with Crippen LogP contribution in [0.2, 0.25) is 0 Å². The third kappa shape index (κ3) is 3.86. The Kier molecular flexibility index (Phi) is 4.87. The van der Waals surface area contributed by atoms with E-state index in [1.807, 2.05) is 30.6 Å². The van der Waals surface area contributed by atoms with Gasteiger partial charge in [-0.1, -0.05) is 39.0 Å². The minimum Gasteiger partial charge on any atom is -0.507 e. The number of benzene rings is 1. The van der Waals surface area contributed by atoms with Gasteiger partial charge in [0.2, 0.25) is 0 Å². The highest BCUT2D eigenvalue weighted by atomic mass is 16.3. The van der Waals surface area contributed by atoms with Crippen LogP contribution in [0.4, 0.5) is 0 Å². The van der Waals surface area contributed by atoms with Crippen molar-refractivity contribution in [2.75, 3.05) is 7.05 Å². The molecule has 0 fully saturated rings. The molecule has 22 heavy (non-hydrogen) atoms. The average Bonchev–Trinajstić information content (AvgIpc) is 2.42. The van der Waals surface area contributed by atoms with E-state index in [0.717, 1.165) is 24.2 Å². The summed E-state index contributed by atoms with van der Waals surface area (Å²) in [7, 11) is 2.07. The van der Waals surface area contributed by atoms with E-state index in [-0.39, 0.29) is 5.41 Å². The van der Waals surface area contributed by atoms with E-state index in [2.05, 4.69) is 50.7 Å². The molecule has 2 rings (SSSR count). The minimum absolute atomic E-state index is 0.0552. The van der Waals surface area contributed by atoms with Gasteiger partial charge in [-0.3, -0.25) is 9.88 Å². The SMILES string of the molecule is Cc1cnccc1CN(C)Cc1cccc(C(C)(C)C)c1O. The lowest BCUT2D eigenvalue weighted by Gasteiger charge is -2.24. The Balaban J connectivity index is 2.16. The van der Waals surface area contributed by atoms with Crippen LogP contribution in [0.15, 0.2) is 36.7 Å². The lowest BCUT2D eigenvalue weighted by Crippen LogP contribution is -2.19. The largest absolute Gasteiger partial charge is 0.507 e. The number of nitrogens with zero attached hydrogens (tertiary/aromatic N) is 2. The Labute approximate surface area is 133 Å². The fourth-order valence-corrected chi connectivity index (χ4v) is 2.64. The van der Waals surface area contributed by atoms with Gasteiger partial charge in [0.1, 0.15) is 5.75 Å². The van der Waals surface area contributed by atoms with Crippen LogP contribution in [-0.4, -0.2) is 22.0 Å². The van der Waals surface area contributed by atoms with E-state index < -0.39 is 0 Å². The molecule has 0 unspecified atom stereocenters. The molecule has 1 heterocycles. The molecule has 2 aromatic rings. The van der Waals surface area contributed by atoms with E-state index in [9.17, 15) is 5.11 Å². The number of phenols is 1. The van der Waals surface area contributed by atoms with Gasteiger partial charge in [0, 0.05) is 31.0 Å². The second-order valence-corrected chi connectivity index (χ2v) is 7.04. The van der Waals surface area contributed by atoms with Gasteiger partial charge in [0.05, 0.1) is 0 Å². The van der Waals surface area contributed by atoms with Crippen molar-refractivity contribution in [1.29, 1.82) is 0 Å². The van der Waals surface area contributed by atoms with Crippen molar-refractivity contribution in [3.8, 4) is 5.75 Å². The summed E-state index contributed by atoms with van der Waals surface area (Å²) in [5.74, 6) is 0.424. The van der Waals surface area contributed by atoms with Gasteiger partial charge in [0.25, 0.3) is 0 Å². The zero-order valence-corrected chi connectivity index (χ0v) is 14.2. The molecule has 1 N–H and O–H groups in total. The van der Waals surface area contributed by atoms with Crippen LogP contribution in [-0.2, 0) is 18.5 Å². The molecule has 0 aliphatic rings. The van der Waals surface area contributed by atoms with E-state index in [0.29, 0.717) is 5.75 Å². The highest BCUT2D eigenvalue weighted by Gasteiger charge is 2.20. The molecule has 0 amide bonds. The molecule has 0 radical (unpaired) electrons. The van der Waals surface area contributed by atoms with Gasteiger partial charge in [-0.15, -0.1) is 0 Å². The molecule has 0 spiro atoms. The third-order valence-corrected chi connectivity index (χ3v) is 3.94. The smallest absolute Gasteiger partial charge is 0.123 e. The molecule has 3 nitrogen and oxygen atoms in total. The van der Waals surface area contributed by atoms with E-state index in [1.54, 1.807) is 0 Å². The maximum atomic E-state index is 10.6. The molecule has 0 bridgehead atoms. The molecule has 1 aromatic heterocycles. The molecule has 0 atom stereocenters. The van der Waals surface area contributed by atoms with E-state index in [4.69, 9.17) is 0 Å². The van der Waals surface area contributed by atoms with E-state index in [1.165, 1.54) is 11.1 Å². The summed E-state index contributed by atoms with van der Waals surface area (Å²) in [6.07, 6.45) is 3.72. The number of aryl methyl sites for hydroxylation is 1. The van der Waals surface area contributed by atoms with Crippen LogP contribution in [0.25, 0.3) is 0 Å². The third-order valence-electron chi connectivity index (χ3n) is 3.94. The van der Waals surface area contributed by atoms with Crippen LogP contribution < -0.4 is 0 Å². The van der Waals surface area contributed by atoms with Gasteiger partial charge in [0.15, 0.2) is 0 Å². The molecule has 0 saturated carbocycles. The molecule has 0 aliphatic heterocycles. The van der Waals surface area contributed by atoms with Crippen molar-refractivity contribution in [1.82, 2.24) is 9.88 Å². The first-order chi connectivity index (χ1) is 10.3.